The zero-order valence-electron chi connectivity index (χ0n) is 17.3. The Kier molecular flexibility index (Phi) is 5.50. The average molecular weight is 448 g/mol. The van der Waals surface area contributed by atoms with Gasteiger partial charge in [-0.05, 0) is 61.4 Å². The summed E-state index contributed by atoms with van der Waals surface area (Å²) in [5.74, 6) is -1.04. The summed E-state index contributed by atoms with van der Waals surface area (Å²) in [6.45, 7) is 3.77. The highest BCUT2D eigenvalue weighted by Gasteiger charge is 2.40. The molecule has 1 aliphatic rings. The summed E-state index contributed by atoms with van der Waals surface area (Å²) in [6, 6.07) is 17.8. The van der Waals surface area contributed by atoms with Crippen molar-refractivity contribution in [2.75, 3.05) is 10.2 Å². The second kappa shape index (κ2) is 8.28. The number of nitro groups is 1. The topological polar surface area (TPSA) is 92.6 Å². The van der Waals surface area contributed by atoms with Crippen LogP contribution in [0.2, 0.25) is 5.02 Å². The minimum atomic E-state index is -0.524. The van der Waals surface area contributed by atoms with Gasteiger partial charge in [-0.3, -0.25) is 19.7 Å². The monoisotopic (exact) mass is 447 g/mol. The van der Waals surface area contributed by atoms with Crippen LogP contribution in [0.4, 0.5) is 17.1 Å². The van der Waals surface area contributed by atoms with Crippen LogP contribution in [0.5, 0.6) is 0 Å². The standard InChI is InChI=1S/C24H18ClN3O4/c1-14-3-9-18(10-4-14)27-23(29)21(16-6-11-19(12-7-16)28(31)32)22(24(27)30)26-17-8-5-15(2)20(25)13-17/h3-13,26H,1-2H3. The lowest BCUT2D eigenvalue weighted by atomic mass is 10.0. The molecule has 2 amide bonds. The lowest BCUT2D eigenvalue weighted by molar-refractivity contribution is -0.384. The number of nitro benzene ring substituents is 1. The van der Waals surface area contributed by atoms with Crippen LogP contribution in [0.15, 0.2) is 72.4 Å². The van der Waals surface area contributed by atoms with Gasteiger partial charge >= 0.3 is 0 Å². The number of carbonyl (C=O) groups excluding carboxylic acids is 2. The van der Waals surface area contributed by atoms with Crippen molar-refractivity contribution >= 4 is 46.1 Å². The molecular weight excluding hydrogens is 430 g/mol. The largest absolute Gasteiger partial charge is 0.350 e. The summed E-state index contributed by atoms with van der Waals surface area (Å²) < 4.78 is 0. The number of hydrogen-bond donors (Lipinski definition) is 1. The van der Waals surface area contributed by atoms with Crippen LogP contribution in [-0.2, 0) is 9.59 Å². The number of hydrogen-bond acceptors (Lipinski definition) is 5. The number of amides is 2. The van der Waals surface area contributed by atoms with Gasteiger partial charge in [0.1, 0.15) is 5.70 Å². The van der Waals surface area contributed by atoms with Gasteiger partial charge in [0, 0.05) is 22.8 Å². The maximum atomic E-state index is 13.4. The second-order valence-electron chi connectivity index (χ2n) is 7.42. The molecular formula is C24H18ClN3O4. The zero-order valence-corrected chi connectivity index (χ0v) is 18.0. The smallest absolute Gasteiger partial charge is 0.282 e. The van der Waals surface area contributed by atoms with Gasteiger partial charge in [0.05, 0.1) is 16.2 Å². The fourth-order valence-electron chi connectivity index (χ4n) is 3.41. The number of halogens is 1. The number of nitrogens with one attached hydrogen (secondary N) is 1. The fourth-order valence-corrected chi connectivity index (χ4v) is 3.59. The molecule has 3 aromatic rings. The first kappa shape index (κ1) is 21.3. The Hall–Kier alpha value is -3.97. The van der Waals surface area contributed by atoms with E-state index in [1.54, 1.807) is 30.3 Å². The number of rotatable bonds is 5. The fraction of sp³-hybridized carbons (Fsp3) is 0.0833. The van der Waals surface area contributed by atoms with E-state index < -0.39 is 16.7 Å². The molecule has 160 valence electrons. The minimum Gasteiger partial charge on any atom is -0.350 e. The molecule has 4 rings (SSSR count). The molecule has 0 aliphatic carbocycles. The Morgan fingerprint density at radius 1 is 0.906 bits per heavy atom. The summed E-state index contributed by atoms with van der Waals surface area (Å²) >= 11 is 6.22. The van der Waals surface area contributed by atoms with Gasteiger partial charge in [0.15, 0.2) is 0 Å². The predicted molar refractivity (Wildman–Crippen MR) is 124 cm³/mol. The molecule has 0 aromatic heterocycles. The normalized spacial score (nSPS) is 13.7. The molecule has 0 unspecified atom stereocenters. The van der Waals surface area contributed by atoms with Crippen molar-refractivity contribution in [1.29, 1.82) is 0 Å². The molecule has 7 nitrogen and oxygen atoms in total. The predicted octanol–water partition coefficient (Wildman–Crippen LogP) is 5.26. The van der Waals surface area contributed by atoms with Crippen molar-refractivity contribution in [2.45, 2.75) is 13.8 Å². The molecule has 1 heterocycles. The molecule has 0 atom stereocenters. The molecule has 3 aromatic carbocycles. The minimum absolute atomic E-state index is 0.0735. The Morgan fingerprint density at radius 3 is 2.16 bits per heavy atom. The molecule has 0 radical (unpaired) electrons. The first-order chi connectivity index (χ1) is 15.3. The maximum absolute atomic E-state index is 13.4. The van der Waals surface area contributed by atoms with Crippen molar-refractivity contribution < 1.29 is 14.5 Å². The van der Waals surface area contributed by atoms with Gasteiger partial charge < -0.3 is 5.32 Å². The van der Waals surface area contributed by atoms with E-state index in [9.17, 15) is 19.7 Å². The SMILES string of the molecule is Cc1ccc(N2C(=O)C(Nc3ccc(C)c(Cl)c3)=C(c3ccc([N+](=O)[O-])cc3)C2=O)cc1. The van der Waals surface area contributed by atoms with E-state index in [4.69, 9.17) is 11.6 Å². The van der Waals surface area contributed by atoms with Gasteiger partial charge in [-0.1, -0.05) is 35.4 Å². The average Bonchev–Trinajstić information content (AvgIpc) is 3.01. The summed E-state index contributed by atoms with van der Waals surface area (Å²) in [5, 5.41) is 14.6. The summed E-state index contributed by atoms with van der Waals surface area (Å²) in [4.78, 5) is 38.3. The molecule has 32 heavy (non-hydrogen) atoms. The van der Waals surface area contributed by atoms with E-state index in [0.717, 1.165) is 16.0 Å². The van der Waals surface area contributed by atoms with E-state index >= 15 is 0 Å². The van der Waals surface area contributed by atoms with Crippen LogP contribution in [0.1, 0.15) is 16.7 Å². The Bertz CT molecular complexity index is 1280. The third-order valence-electron chi connectivity index (χ3n) is 5.18. The number of carbonyl (C=O) groups is 2. The first-order valence-electron chi connectivity index (χ1n) is 9.74. The van der Waals surface area contributed by atoms with Crippen molar-refractivity contribution in [1.82, 2.24) is 0 Å². The van der Waals surface area contributed by atoms with Crippen LogP contribution < -0.4 is 10.2 Å². The summed E-state index contributed by atoms with van der Waals surface area (Å²) in [7, 11) is 0. The molecule has 0 saturated carbocycles. The van der Waals surface area contributed by atoms with E-state index in [1.165, 1.54) is 24.3 Å². The van der Waals surface area contributed by atoms with E-state index in [0.29, 0.717) is 22.0 Å². The van der Waals surface area contributed by atoms with Crippen molar-refractivity contribution in [3.8, 4) is 0 Å². The van der Waals surface area contributed by atoms with Crippen LogP contribution >= 0.6 is 11.6 Å². The third kappa shape index (κ3) is 3.86. The molecule has 0 spiro atoms. The Balaban J connectivity index is 1.82. The Morgan fingerprint density at radius 2 is 1.56 bits per heavy atom. The van der Waals surface area contributed by atoms with E-state index in [-0.39, 0.29) is 17.0 Å². The summed E-state index contributed by atoms with van der Waals surface area (Å²) in [6.07, 6.45) is 0. The molecule has 0 saturated heterocycles. The lowest BCUT2D eigenvalue weighted by Crippen LogP contribution is -2.32. The molecule has 1 aliphatic heterocycles. The zero-order chi connectivity index (χ0) is 23.0. The Labute approximate surface area is 189 Å². The molecule has 0 bridgehead atoms. The highest BCUT2D eigenvalue weighted by molar-refractivity contribution is 6.46. The first-order valence-corrected chi connectivity index (χ1v) is 10.1. The number of nitrogens with zero attached hydrogens (tertiary/aromatic N) is 2. The number of imide groups is 1. The van der Waals surface area contributed by atoms with Crippen LogP contribution in [0.25, 0.3) is 5.57 Å². The number of non-ortho nitro benzene ring substituents is 1. The van der Waals surface area contributed by atoms with Crippen molar-refractivity contribution in [2.24, 2.45) is 0 Å². The van der Waals surface area contributed by atoms with Gasteiger partial charge in [0.2, 0.25) is 0 Å². The third-order valence-corrected chi connectivity index (χ3v) is 5.59. The van der Waals surface area contributed by atoms with E-state index in [1.807, 2.05) is 26.0 Å². The number of benzene rings is 3. The van der Waals surface area contributed by atoms with Crippen LogP contribution in [0.3, 0.4) is 0 Å². The highest BCUT2D eigenvalue weighted by Crippen LogP contribution is 2.35. The second-order valence-corrected chi connectivity index (χ2v) is 7.83. The van der Waals surface area contributed by atoms with Gasteiger partial charge in [-0.15, -0.1) is 0 Å². The van der Waals surface area contributed by atoms with Crippen LogP contribution in [-0.4, -0.2) is 16.7 Å². The number of anilines is 2. The maximum Gasteiger partial charge on any atom is 0.282 e. The lowest BCUT2D eigenvalue weighted by Gasteiger charge is -2.15. The van der Waals surface area contributed by atoms with Crippen LogP contribution in [0, 0.1) is 24.0 Å². The quantitative estimate of drug-likeness (QED) is 0.327. The van der Waals surface area contributed by atoms with E-state index in [2.05, 4.69) is 5.32 Å². The highest BCUT2D eigenvalue weighted by atomic mass is 35.5. The summed E-state index contributed by atoms with van der Waals surface area (Å²) in [5.41, 5.74) is 3.32. The van der Waals surface area contributed by atoms with Gasteiger partial charge in [-0.25, -0.2) is 4.90 Å². The molecule has 8 heteroatoms. The van der Waals surface area contributed by atoms with Gasteiger partial charge in [-0.2, -0.15) is 0 Å². The van der Waals surface area contributed by atoms with Crippen molar-refractivity contribution in [3.05, 3.63) is 104 Å². The van der Waals surface area contributed by atoms with Crippen molar-refractivity contribution in [3.63, 3.8) is 0 Å². The number of aryl methyl sites for hydroxylation is 2. The van der Waals surface area contributed by atoms with Gasteiger partial charge in [0.25, 0.3) is 17.5 Å². The molecule has 0 fully saturated rings. The molecule has 1 N–H and O–H groups in total.